The molecular weight excluding hydrogens is 222 g/mol. The lowest BCUT2D eigenvalue weighted by atomic mass is 9.95. The van der Waals surface area contributed by atoms with Gasteiger partial charge in [-0.15, -0.1) is 0 Å². The molecule has 16 heavy (non-hydrogen) atoms. The number of nitrogens with one attached hydrogen (secondary N) is 1. The second-order valence-electron chi connectivity index (χ2n) is 4.43. The van der Waals surface area contributed by atoms with Gasteiger partial charge in [-0.05, 0) is 25.3 Å². The number of sulfone groups is 1. The third-order valence-electron chi connectivity index (χ3n) is 3.21. The van der Waals surface area contributed by atoms with Gasteiger partial charge in [0.15, 0.2) is 0 Å². The molecule has 0 radical (unpaired) electrons. The van der Waals surface area contributed by atoms with Crippen LogP contribution in [0.1, 0.15) is 47.0 Å². The Hall–Kier alpha value is -0.0900. The van der Waals surface area contributed by atoms with Gasteiger partial charge in [0.25, 0.3) is 0 Å². The van der Waals surface area contributed by atoms with Gasteiger partial charge in [0.1, 0.15) is 9.84 Å². The molecule has 0 spiro atoms. The monoisotopic (exact) mass is 249 g/mol. The molecule has 0 heterocycles. The minimum absolute atomic E-state index is 0.266. The molecule has 0 amide bonds. The molecule has 0 bridgehead atoms. The lowest BCUT2D eigenvalue weighted by Gasteiger charge is -2.23. The van der Waals surface area contributed by atoms with Crippen LogP contribution in [-0.4, -0.2) is 32.5 Å². The van der Waals surface area contributed by atoms with Crippen molar-refractivity contribution >= 4 is 9.84 Å². The summed E-state index contributed by atoms with van der Waals surface area (Å²) in [5.41, 5.74) is 0. The van der Waals surface area contributed by atoms with Crippen molar-refractivity contribution in [2.24, 2.45) is 5.92 Å². The summed E-state index contributed by atoms with van der Waals surface area (Å²) < 4.78 is 22.7. The van der Waals surface area contributed by atoms with E-state index in [9.17, 15) is 8.42 Å². The fourth-order valence-electron chi connectivity index (χ4n) is 1.80. The fraction of sp³-hybridized carbons (Fsp3) is 1.00. The molecule has 0 saturated carbocycles. The first-order valence-corrected chi connectivity index (χ1v) is 8.22. The summed E-state index contributed by atoms with van der Waals surface area (Å²) in [7, 11) is -2.79. The van der Waals surface area contributed by atoms with Gasteiger partial charge in [0.2, 0.25) is 0 Å². The second kappa shape index (κ2) is 8.07. The normalized spacial score (nSPS) is 16.0. The Kier molecular flexibility index (Phi) is 8.02. The molecule has 3 nitrogen and oxygen atoms in total. The summed E-state index contributed by atoms with van der Waals surface area (Å²) in [4.78, 5) is 0. The van der Waals surface area contributed by atoms with Crippen molar-refractivity contribution in [3.63, 3.8) is 0 Å². The topological polar surface area (TPSA) is 46.2 Å². The first-order valence-electron chi connectivity index (χ1n) is 6.40. The van der Waals surface area contributed by atoms with Crippen LogP contribution in [-0.2, 0) is 9.84 Å². The Balaban J connectivity index is 4.03. The average Bonchev–Trinajstić information content (AvgIpc) is 2.27. The molecule has 2 atom stereocenters. The van der Waals surface area contributed by atoms with Crippen LogP contribution in [0.4, 0.5) is 0 Å². The maximum atomic E-state index is 11.4. The van der Waals surface area contributed by atoms with Gasteiger partial charge in [-0.25, -0.2) is 8.42 Å². The number of hydrogen-bond acceptors (Lipinski definition) is 3. The highest BCUT2D eigenvalue weighted by molar-refractivity contribution is 7.91. The Bertz CT molecular complexity index is 262. The number of hydrogen-bond donors (Lipinski definition) is 1. The van der Waals surface area contributed by atoms with Crippen molar-refractivity contribution in [1.29, 1.82) is 0 Å². The van der Waals surface area contributed by atoms with E-state index in [4.69, 9.17) is 0 Å². The van der Waals surface area contributed by atoms with Gasteiger partial charge in [0.05, 0.1) is 5.75 Å². The Morgan fingerprint density at radius 3 is 2.25 bits per heavy atom. The van der Waals surface area contributed by atoms with Crippen LogP contribution in [0.5, 0.6) is 0 Å². The summed E-state index contributed by atoms with van der Waals surface area (Å²) in [5, 5.41) is 3.44. The summed E-state index contributed by atoms with van der Waals surface area (Å²) in [6, 6.07) is 0.460. The molecule has 0 aliphatic heterocycles. The molecule has 0 aliphatic carbocycles. The third-order valence-corrected chi connectivity index (χ3v) is 5.00. The van der Waals surface area contributed by atoms with Crippen molar-refractivity contribution in [3.8, 4) is 0 Å². The minimum atomic E-state index is -2.79. The zero-order chi connectivity index (χ0) is 12.6. The van der Waals surface area contributed by atoms with Crippen LogP contribution < -0.4 is 5.32 Å². The van der Waals surface area contributed by atoms with Crippen molar-refractivity contribution in [3.05, 3.63) is 0 Å². The van der Waals surface area contributed by atoms with Gasteiger partial charge in [-0.2, -0.15) is 0 Å². The van der Waals surface area contributed by atoms with Crippen LogP contribution in [0.25, 0.3) is 0 Å². The Morgan fingerprint density at radius 2 is 1.81 bits per heavy atom. The quantitative estimate of drug-likeness (QED) is 0.681. The molecule has 0 saturated heterocycles. The van der Waals surface area contributed by atoms with Crippen LogP contribution in [0.3, 0.4) is 0 Å². The lowest BCUT2D eigenvalue weighted by Crippen LogP contribution is -2.35. The van der Waals surface area contributed by atoms with Gasteiger partial charge < -0.3 is 5.32 Å². The molecule has 2 unspecified atom stereocenters. The highest BCUT2D eigenvalue weighted by atomic mass is 32.2. The summed E-state index contributed by atoms with van der Waals surface area (Å²) >= 11 is 0. The second-order valence-corrected chi connectivity index (χ2v) is 6.90. The highest BCUT2D eigenvalue weighted by Crippen LogP contribution is 2.13. The fourth-order valence-corrected chi connectivity index (χ4v) is 2.70. The molecule has 0 aromatic heterocycles. The van der Waals surface area contributed by atoms with E-state index in [1.165, 1.54) is 0 Å². The van der Waals surface area contributed by atoms with Crippen molar-refractivity contribution in [2.75, 3.05) is 18.1 Å². The Morgan fingerprint density at radius 1 is 1.19 bits per heavy atom. The van der Waals surface area contributed by atoms with Crippen molar-refractivity contribution in [1.82, 2.24) is 5.32 Å². The SMILES string of the molecule is CCNC(CCCS(=O)(=O)CC)C(C)CC. The molecule has 0 aromatic carbocycles. The molecule has 0 fully saturated rings. The maximum absolute atomic E-state index is 11.4. The predicted octanol–water partition coefficient (Wildman–Crippen LogP) is 2.23. The van der Waals surface area contributed by atoms with E-state index in [-0.39, 0.29) is 5.75 Å². The zero-order valence-corrected chi connectivity index (χ0v) is 11.9. The van der Waals surface area contributed by atoms with Crippen molar-refractivity contribution < 1.29 is 8.42 Å². The third kappa shape index (κ3) is 6.48. The molecule has 0 aliphatic rings. The van der Waals surface area contributed by atoms with E-state index in [2.05, 4.69) is 26.1 Å². The molecule has 0 rings (SSSR count). The van der Waals surface area contributed by atoms with Gasteiger partial charge >= 0.3 is 0 Å². The molecule has 0 aromatic rings. The molecule has 4 heteroatoms. The minimum Gasteiger partial charge on any atom is -0.314 e. The smallest absolute Gasteiger partial charge is 0.150 e. The molecule has 98 valence electrons. The van der Waals surface area contributed by atoms with Crippen LogP contribution in [0.2, 0.25) is 0 Å². The predicted molar refractivity (Wildman–Crippen MR) is 70.5 cm³/mol. The van der Waals surface area contributed by atoms with Crippen LogP contribution in [0.15, 0.2) is 0 Å². The zero-order valence-electron chi connectivity index (χ0n) is 11.1. The van der Waals surface area contributed by atoms with Crippen molar-refractivity contribution in [2.45, 2.75) is 53.0 Å². The molecule has 1 N–H and O–H groups in total. The van der Waals surface area contributed by atoms with E-state index >= 15 is 0 Å². The van der Waals surface area contributed by atoms with Gasteiger partial charge in [-0.1, -0.05) is 34.1 Å². The van der Waals surface area contributed by atoms with Gasteiger partial charge in [-0.3, -0.25) is 0 Å². The van der Waals surface area contributed by atoms with Crippen LogP contribution in [0, 0.1) is 5.92 Å². The molecular formula is C12H27NO2S. The van der Waals surface area contributed by atoms with E-state index in [1.54, 1.807) is 6.92 Å². The lowest BCUT2D eigenvalue weighted by molar-refractivity contribution is 0.351. The largest absolute Gasteiger partial charge is 0.314 e. The van der Waals surface area contributed by atoms with Crippen LogP contribution >= 0.6 is 0 Å². The van der Waals surface area contributed by atoms with E-state index in [0.29, 0.717) is 17.7 Å². The summed E-state index contributed by atoms with van der Waals surface area (Å²) in [6.07, 6.45) is 2.87. The first-order chi connectivity index (χ1) is 7.46. The average molecular weight is 249 g/mol. The number of rotatable bonds is 9. The standard InChI is InChI=1S/C12H27NO2S/c1-5-11(4)12(13-6-2)9-8-10-16(14,15)7-3/h11-13H,5-10H2,1-4H3. The summed E-state index contributed by atoms with van der Waals surface area (Å²) in [6.45, 7) is 9.17. The van der Waals surface area contributed by atoms with E-state index in [1.807, 2.05) is 0 Å². The highest BCUT2D eigenvalue weighted by Gasteiger charge is 2.15. The maximum Gasteiger partial charge on any atom is 0.150 e. The van der Waals surface area contributed by atoms with E-state index in [0.717, 1.165) is 25.8 Å². The van der Waals surface area contributed by atoms with E-state index < -0.39 is 9.84 Å². The first kappa shape index (κ1) is 15.9. The summed E-state index contributed by atoms with van der Waals surface area (Å²) in [5.74, 6) is 1.22. The Labute approximate surface area is 101 Å². The van der Waals surface area contributed by atoms with Gasteiger partial charge in [0, 0.05) is 11.8 Å².